The van der Waals surface area contributed by atoms with Crippen molar-refractivity contribution in [2.75, 3.05) is 0 Å². The van der Waals surface area contributed by atoms with Crippen LogP contribution in [-0.4, -0.2) is 16.4 Å². The Bertz CT molecular complexity index is 536. The molecule has 0 amide bonds. The van der Waals surface area contributed by atoms with Gasteiger partial charge in [0.25, 0.3) is 5.56 Å². The summed E-state index contributed by atoms with van der Waals surface area (Å²) in [7, 11) is 0. The summed E-state index contributed by atoms with van der Waals surface area (Å²) in [6.07, 6.45) is -3.17. The molecular weight excluding hydrogens is 202 g/mol. The Morgan fingerprint density at radius 3 is 2.80 bits per heavy atom. The predicted octanol–water partition coefficient (Wildman–Crippen LogP) is 1.73. The number of aromatic nitrogens is 2. The molecule has 0 atom stereocenters. The van der Waals surface area contributed by atoms with Crippen LogP contribution in [0.15, 0.2) is 29.1 Å². The van der Waals surface area contributed by atoms with Gasteiger partial charge in [-0.25, -0.2) is 13.8 Å². The maximum atomic E-state index is 12.1. The minimum atomic E-state index is -2.56. The van der Waals surface area contributed by atoms with Gasteiger partial charge in [-0.3, -0.25) is 4.79 Å². The summed E-state index contributed by atoms with van der Waals surface area (Å²) < 4.78 is 24.2. The quantitative estimate of drug-likeness (QED) is 0.820. The first-order valence-corrected chi connectivity index (χ1v) is 4.43. The lowest BCUT2D eigenvalue weighted by Gasteiger charge is -2.01. The van der Waals surface area contributed by atoms with Crippen LogP contribution in [-0.2, 0) is 6.42 Å². The van der Waals surface area contributed by atoms with Crippen molar-refractivity contribution in [3.05, 3.63) is 40.3 Å². The lowest BCUT2D eigenvalue weighted by molar-refractivity contribution is 0.147. The van der Waals surface area contributed by atoms with E-state index >= 15 is 0 Å². The number of hydrogen-bond donors (Lipinski definition) is 1. The third-order valence-corrected chi connectivity index (χ3v) is 2.02. The summed E-state index contributed by atoms with van der Waals surface area (Å²) in [4.78, 5) is 17.7. The van der Waals surface area contributed by atoms with Gasteiger partial charge in [-0.05, 0) is 12.1 Å². The largest absolute Gasteiger partial charge is 0.319 e. The third-order valence-electron chi connectivity index (χ3n) is 2.02. The molecule has 1 heterocycles. The molecule has 0 unspecified atom stereocenters. The average Bonchev–Trinajstić information content (AvgIpc) is 2.18. The summed E-state index contributed by atoms with van der Waals surface area (Å²) in [6, 6.07) is 6.82. The highest BCUT2D eigenvalue weighted by Crippen LogP contribution is 2.07. The van der Waals surface area contributed by atoms with E-state index in [1.165, 1.54) is 0 Å². The molecule has 15 heavy (non-hydrogen) atoms. The molecule has 0 spiro atoms. The molecule has 5 heteroatoms. The summed E-state index contributed by atoms with van der Waals surface area (Å²) in [6.45, 7) is 0. The van der Waals surface area contributed by atoms with Crippen LogP contribution < -0.4 is 5.56 Å². The van der Waals surface area contributed by atoms with Crippen molar-refractivity contribution in [2.45, 2.75) is 12.8 Å². The van der Waals surface area contributed by atoms with Gasteiger partial charge in [-0.1, -0.05) is 12.1 Å². The molecule has 1 aromatic carbocycles. The minimum Gasteiger partial charge on any atom is -0.319 e. The molecule has 78 valence electrons. The number of hydrogen-bond acceptors (Lipinski definition) is 2. The first-order valence-electron chi connectivity index (χ1n) is 4.43. The van der Waals surface area contributed by atoms with Gasteiger partial charge in [0, 0.05) is 0 Å². The Kier molecular flexibility index (Phi) is 2.45. The number of rotatable bonds is 2. The summed E-state index contributed by atoms with van der Waals surface area (Å²) >= 11 is 0. The number of halogens is 2. The Morgan fingerprint density at radius 1 is 1.33 bits per heavy atom. The highest BCUT2D eigenvalue weighted by molar-refractivity contribution is 5.73. The van der Waals surface area contributed by atoms with E-state index in [-0.39, 0.29) is 5.69 Å². The highest BCUT2D eigenvalue weighted by Gasteiger charge is 2.10. The standard InChI is InChI=1S/C10H8F2N2O/c11-9(12)5-8-10(15)14-7-4-2-1-3-6(7)13-8/h1-4,9H,5H2,(H,14,15). The van der Waals surface area contributed by atoms with Gasteiger partial charge in [0.05, 0.1) is 17.5 Å². The average molecular weight is 210 g/mol. The number of fused-ring (bicyclic) bond motifs is 1. The third kappa shape index (κ3) is 2.01. The van der Waals surface area contributed by atoms with E-state index in [0.29, 0.717) is 11.0 Å². The lowest BCUT2D eigenvalue weighted by Crippen LogP contribution is -2.17. The van der Waals surface area contributed by atoms with Gasteiger partial charge in [-0.15, -0.1) is 0 Å². The normalized spacial score (nSPS) is 11.1. The summed E-state index contributed by atoms with van der Waals surface area (Å²) in [5, 5.41) is 0. The number of nitrogens with zero attached hydrogens (tertiary/aromatic N) is 1. The second-order valence-electron chi connectivity index (χ2n) is 3.12. The molecule has 0 aliphatic rings. The van der Waals surface area contributed by atoms with Crippen LogP contribution in [0.5, 0.6) is 0 Å². The number of aromatic amines is 1. The highest BCUT2D eigenvalue weighted by atomic mass is 19.3. The van der Waals surface area contributed by atoms with Gasteiger partial charge in [0.2, 0.25) is 6.43 Å². The summed E-state index contributed by atoms with van der Waals surface area (Å²) in [5.41, 5.74) is 0.408. The van der Waals surface area contributed by atoms with Crippen molar-refractivity contribution < 1.29 is 8.78 Å². The second-order valence-corrected chi connectivity index (χ2v) is 3.12. The van der Waals surface area contributed by atoms with E-state index < -0.39 is 18.4 Å². The van der Waals surface area contributed by atoms with Crippen LogP contribution in [0, 0.1) is 0 Å². The van der Waals surface area contributed by atoms with Crippen LogP contribution in [0.3, 0.4) is 0 Å². The Hall–Kier alpha value is -1.78. The zero-order chi connectivity index (χ0) is 10.8. The van der Waals surface area contributed by atoms with E-state index in [9.17, 15) is 13.6 Å². The first-order chi connectivity index (χ1) is 7.16. The fourth-order valence-electron chi connectivity index (χ4n) is 1.35. The van der Waals surface area contributed by atoms with E-state index in [0.717, 1.165) is 0 Å². The molecule has 0 radical (unpaired) electrons. The van der Waals surface area contributed by atoms with Gasteiger partial charge in [0.1, 0.15) is 5.69 Å². The number of nitrogens with one attached hydrogen (secondary N) is 1. The van der Waals surface area contributed by atoms with E-state index in [2.05, 4.69) is 9.97 Å². The topological polar surface area (TPSA) is 45.8 Å². The number of para-hydroxylation sites is 2. The van der Waals surface area contributed by atoms with Gasteiger partial charge in [-0.2, -0.15) is 0 Å². The second kappa shape index (κ2) is 3.76. The van der Waals surface area contributed by atoms with Crippen LogP contribution in [0.25, 0.3) is 11.0 Å². The molecule has 1 N–H and O–H groups in total. The molecule has 0 aliphatic carbocycles. The van der Waals surface area contributed by atoms with E-state index in [4.69, 9.17) is 0 Å². The van der Waals surface area contributed by atoms with Crippen molar-refractivity contribution in [3.8, 4) is 0 Å². The molecule has 1 aromatic heterocycles. The molecule has 0 saturated carbocycles. The fourth-order valence-corrected chi connectivity index (χ4v) is 1.35. The number of benzene rings is 1. The predicted molar refractivity (Wildman–Crippen MR) is 52.1 cm³/mol. The molecule has 0 aliphatic heterocycles. The Balaban J connectivity index is 2.57. The number of H-pyrrole nitrogens is 1. The first kappa shape index (κ1) is 9.76. The van der Waals surface area contributed by atoms with Crippen LogP contribution in [0.4, 0.5) is 8.78 Å². The maximum Gasteiger partial charge on any atom is 0.270 e. The molecule has 0 saturated heterocycles. The minimum absolute atomic E-state index is 0.122. The Morgan fingerprint density at radius 2 is 2.07 bits per heavy atom. The van der Waals surface area contributed by atoms with E-state index in [1.54, 1.807) is 24.3 Å². The molecule has 2 rings (SSSR count). The molecule has 3 nitrogen and oxygen atoms in total. The molecule has 2 aromatic rings. The molecule has 0 fully saturated rings. The maximum absolute atomic E-state index is 12.1. The smallest absolute Gasteiger partial charge is 0.270 e. The molecular formula is C10H8F2N2O. The zero-order valence-electron chi connectivity index (χ0n) is 7.71. The lowest BCUT2D eigenvalue weighted by atomic mass is 10.2. The fraction of sp³-hybridized carbons (Fsp3) is 0.200. The Labute approximate surface area is 83.8 Å². The van der Waals surface area contributed by atoms with Crippen molar-refractivity contribution in [2.24, 2.45) is 0 Å². The number of alkyl halides is 2. The van der Waals surface area contributed by atoms with Crippen LogP contribution >= 0.6 is 0 Å². The van der Waals surface area contributed by atoms with Crippen molar-refractivity contribution >= 4 is 11.0 Å². The van der Waals surface area contributed by atoms with E-state index in [1.807, 2.05) is 0 Å². The zero-order valence-corrected chi connectivity index (χ0v) is 7.71. The van der Waals surface area contributed by atoms with Crippen LogP contribution in [0.1, 0.15) is 5.69 Å². The SMILES string of the molecule is O=c1[nH]c2ccccc2nc1CC(F)F. The summed E-state index contributed by atoms with van der Waals surface area (Å²) in [5.74, 6) is 0. The van der Waals surface area contributed by atoms with Crippen molar-refractivity contribution in [3.63, 3.8) is 0 Å². The van der Waals surface area contributed by atoms with Crippen LogP contribution in [0.2, 0.25) is 0 Å². The monoisotopic (exact) mass is 210 g/mol. The van der Waals surface area contributed by atoms with Crippen molar-refractivity contribution in [1.82, 2.24) is 9.97 Å². The van der Waals surface area contributed by atoms with Crippen molar-refractivity contribution in [1.29, 1.82) is 0 Å². The van der Waals surface area contributed by atoms with Gasteiger partial charge >= 0.3 is 0 Å². The molecule has 0 bridgehead atoms. The van der Waals surface area contributed by atoms with Gasteiger partial charge in [0.15, 0.2) is 0 Å². The van der Waals surface area contributed by atoms with Gasteiger partial charge < -0.3 is 4.98 Å².